The van der Waals surface area contributed by atoms with Crippen LogP contribution in [0, 0.1) is 5.82 Å². The van der Waals surface area contributed by atoms with Gasteiger partial charge >= 0.3 is 0 Å². The first-order chi connectivity index (χ1) is 12.1. The molecule has 0 radical (unpaired) electrons. The maximum absolute atomic E-state index is 14.5. The summed E-state index contributed by atoms with van der Waals surface area (Å²) < 4.78 is 16.1. The van der Waals surface area contributed by atoms with Gasteiger partial charge in [0.25, 0.3) is 0 Å². The number of aromatic nitrogens is 5. The molecule has 0 fully saturated rings. The van der Waals surface area contributed by atoms with Gasteiger partial charge in [0, 0.05) is 23.8 Å². The second-order valence-corrected chi connectivity index (χ2v) is 5.54. The monoisotopic (exact) mass is 335 g/mol. The second-order valence-electron chi connectivity index (χ2n) is 5.54. The van der Waals surface area contributed by atoms with Crippen LogP contribution in [-0.2, 0) is 6.54 Å². The Labute approximate surface area is 142 Å². The number of benzene rings is 1. The van der Waals surface area contributed by atoms with E-state index in [1.807, 2.05) is 12.1 Å². The van der Waals surface area contributed by atoms with Crippen molar-refractivity contribution in [2.75, 3.05) is 11.5 Å². The topological polar surface area (TPSA) is 109 Å². The lowest BCUT2D eigenvalue weighted by molar-refractivity contribution is 0.616. The van der Waals surface area contributed by atoms with Crippen LogP contribution in [0.1, 0.15) is 5.56 Å². The van der Waals surface area contributed by atoms with E-state index >= 15 is 0 Å². The lowest BCUT2D eigenvalue weighted by Crippen LogP contribution is -2.04. The van der Waals surface area contributed by atoms with Crippen LogP contribution in [0.15, 0.2) is 48.8 Å². The summed E-state index contributed by atoms with van der Waals surface area (Å²) in [5, 5.41) is 5.11. The van der Waals surface area contributed by atoms with Crippen molar-refractivity contribution in [1.82, 2.24) is 24.7 Å². The number of hydrogen-bond acceptors (Lipinski definition) is 6. The minimum Gasteiger partial charge on any atom is -0.384 e. The fraction of sp³-hybridized carbons (Fsp3) is 0.0588. The molecule has 0 saturated carbocycles. The van der Waals surface area contributed by atoms with E-state index in [4.69, 9.17) is 11.5 Å². The van der Waals surface area contributed by atoms with Crippen LogP contribution in [0.5, 0.6) is 0 Å². The zero-order valence-corrected chi connectivity index (χ0v) is 13.1. The Morgan fingerprint density at radius 1 is 1.00 bits per heavy atom. The quantitative estimate of drug-likeness (QED) is 0.594. The third-order valence-corrected chi connectivity index (χ3v) is 3.78. The maximum Gasteiger partial charge on any atom is 0.184 e. The van der Waals surface area contributed by atoms with Gasteiger partial charge in [-0.1, -0.05) is 12.1 Å². The van der Waals surface area contributed by atoms with E-state index in [1.54, 1.807) is 29.2 Å². The minimum atomic E-state index is -0.373. The predicted octanol–water partition coefficient (Wildman–Crippen LogP) is 2.24. The van der Waals surface area contributed by atoms with Gasteiger partial charge in [0.1, 0.15) is 28.7 Å². The van der Waals surface area contributed by atoms with Crippen LogP contribution in [0.25, 0.3) is 22.4 Å². The summed E-state index contributed by atoms with van der Waals surface area (Å²) in [6.07, 6.45) is 3.36. The lowest BCUT2D eigenvalue weighted by atomic mass is 10.2. The smallest absolute Gasteiger partial charge is 0.184 e. The van der Waals surface area contributed by atoms with Crippen molar-refractivity contribution in [3.05, 3.63) is 60.2 Å². The third kappa shape index (κ3) is 2.74. The van der Waals surface area contributed by atoms with E-state index in [2.05, 4.69) is 20.1 Å². The summed E-state index contributed by atoms with van der Waals surface area (Å²) in [5.41, 5.74) is 13.3. The van der Waals surface area contributed by atoms with Gasteiger partial charge in [-0.15, -0.1) is 0 Å². The largest absolute Gasteiger partial charge is 0.384 e. The highest BCUT2D eigenvalue weighted by atomic mass is 19.1. The number of fused-ring (bicyclic) bond motifs is 1. The third-order valence-electron chi connectivity index (χ3n) is 3.78. The summed E-state index contributed by atoms with van der Waals surface area (Å²) in [5.74, 6) is 0.357. The van der Waals surface area contributed by atoms with Crippen LogP contribution in [0.3, 0.4) is 0 Å². The highest BCUT2D eigenvalue weighted by Gasteiger charge is 2.18. The van der Waals surface area contributed by atoms with Gasteiger partial charge < -0.3 is 11.5 Å². The summed E-state index contributed by atoms with van der Waals surface area (Å²) in [6, 6.07) is 9.94. The van der Waals surface area contributed by atoms with E-state index in [-0.39, 0.29) is 23.3 Å². The molecule has 4 aromatic rings. The molecule has 3 aromatic heterocycles. The van der Waals surface area contributed by atoms with Gasteiger partial charge in [-0.05, 0) is 23.8 Å². The van der Waals surface area contributed by atoms with Crippen LogP contribution < -0.4 is 11.5 Å². The normalized spacial score (nSPS) is 11.1. The fourth-order valence-electron chi connectivity index (χ4n) is 2.73. The number of halogens is 1. The number of nitrogens with zero attached hydrogens (tertiary/aromatic N) is 5. The van der Waals surface area contributed by atoms with E-state index < -0.39 is 0 Å². The molecule has 7 nitrogen and oxygen atoms in total. The minimum absolute atomic E-state index is 0.232. The fourth-order valence-corrected chi connectivity index (χ4v) is 2.73. The average molecular weight is 335 g/mol. The Hall–Kier alpha value is -3.55. The van der Waals surface area contributed by atoms with E-state index in [9.17, 15) is 4.39 Å². The Kier molecular flexibility index (Phi) is 3.50. The highest BCUT2D eigenvalue weighted by molar-refractivity contribution is 5.92. The molecule has 0 atom stereocenters. The van der Waals surface area contributed by atoms with E-state index in [0.29, 0.717) is 23.1 Å². The van der Waals surface area contributed by atoms with Crippen molar-refractivity contribution >= 4 is 22.5 Å². The Balaban J connectivity index is 1.92. The average Bonchev–Trinajstić information content (AvgIpc) is 2.95. The van der Waals surface area contributed by atoms with Gasteiger partial charge in [-0.25, -0.2) is 14.4 Å². The zero-order valence-electron chi connectivity index (χ0n) is 13.1. The van der Waals surface area contributed by atoms with Crippen molar-refractivity contribution < 1.29 is 4.39 Å². The molecular formula is C17H14FN7. The van der Waals surface area contributed by atoms with Gasteiger partial charge in [-0.3, -0.25) is 9.67 Å². The number of nitrogen functional groups attached to an aromatic ring is 2. The lowest BCUT2D eigenvalue weighted by Gasteiger charge is -2.04. The van der Waals surface area contributed by atoms with Crippen molar-refractivity contribution in [2.45, 2.75) is 6.54 Å². The number of rotatable bonds is 3. The van der Waals surface area contributed by atoms with Crippen LogP contribution in [-0.4, -0.2) is 24.7 Å². The standard InChI is InChI=1S/C17H14FN7/c18-12-3-1-2-11-15(17-22-13(19)8-14(20)23-17)24-25(16(11)12)9-10-4-6-21-7-5-10/h1-8H,9H2,(H4,19,20,22,23). The molecule has 0 aliphatic carbocycles. The molecule has 8 heteroatoms. The predicted molar refractivity (Wildman–Crippen MR) is 92.9 cm³/mol. The first-order valence-electron chi connectivity index (χ1n) is 7.56. The summed E-state index contributed by atoms with van der Waals surface area (Å²) in [4.78, 5) is 12.4. The number of anilines is 2. The molecule has 124 valence electrons. The molecule has 0 spiro atoms. The number of pyridine rings is 1. The Morgan fingerprint density at radius 2 is 1.72 bits per heavy atom. The first kappa shape index (κ1) is 15.0. The molecule has 0 amide bonds. The van der Waals surface area contributed by atoms with Gasteiger partial charge in [0.2, 0.25) is 0 Å². The van der Waals surface area contributed by atoms with Crippen molar-refractivity contribution in [2.24, 2.45) is 0 Å². The van der Waals surface area contributed by atoms with Crippen LogP contribution in [0.2, 0.25) is 0 Å². The molecule has 0 unspecified atom stereocenters. The molecule has 4 N–H and O–H groups in total. The molecule has 1 aromatic carbocycles. The number of hydrogen-bond donors (Lipinski definition) is 2. The van der Waals surface area contributed by atoms with E-state index in [0.717, 1.165) is 5.56 Å². The first-order valence-corrected chi connectivity index (χ1v) is 7.56. The summed E-state index contributed by atoms with van der Waals surface area (Å²) in [7, 11) is 0. The molecule has 25 heavy (non-hydrogen) atoms. The van der Waals surface area contributed by atoms with Crippen molar-refractivity contribution in [1.29, 1.82) is 0 Å². The number of para-hydroxylation sites is 1. The molecule has 0 aliphatic heterocycles. The maximum atomic E-state index is 14.5. The van der Waals surface area contributed by atoms with Gasteiger partial charge in [-0.2, -0.15) is 5.10 Å². The molecule has 0 aliphatic rings. The Bertz CT molecular complexity index is 1040. The van der Waals surface area contributed by atoms with Crippen LogP contribution in [0.4, 0.5) is 16.0 Å². The van der Waals surface area contributed by atoms with Gasteiger partial charge in [0.15, 0.2) is 5.82 Å². The zero-order chi connectivity index (χ0) is 17.4. The van der Waals surface area contributed by atoms with Gasteiger partial charge in [0.05, 0.1) is 6.54 Å². The second kappa shape index (κ2) is 5.82. The SMILES string of the molecule is Nc1cc(N)nc(-c2nn(Cc3ccncc3)c3c(F)cccc23)n1. The van der Waals surface area contributed by atoms with Crippen molar-refractivity contribution in [3.8, 4) is 11.5 Å². The molecular weight excluding hydrogens is 321 g/mol. The molecule has 3 heterocycles. The summed E-state index contributed by atoms with van der Waals surface area (Å²) >= 11 is 0. The molecule has 0 saturated heterocycles. The molecule has 4 rings (SSSR count). The highest BCUT2D eigenvalue weighted by Crippen LogP contribution is 2.29. The molecule has 0 bridgehead atoms. The Morgan fingerprint density at radius 3 is 2.44 bits per heavy atom. The number of nitrogens with two attached hydrogens (primary N) is 2. The van der Waals surface area contributed by atoms with Crippen molar-refractivity contribution in [3.63, 3.8) is 0 Å². The van der Waals surface area contributed by atoms with E-state index in [1.165, 1.54) is 12.1 Å². The van der Waals surface area contributed by atoms with Crippen LogP contribution >= 0.6 is 0 Å². The summed E-state index contributed by atoms with van der Waals surface area (Å²) in [6.45, 7) is 0.387.